The van der Waals surface area contributed by atoms with Crippen LogP contribution in [0.3, 0.4) is 0 Å². The summed E-state index contributed by atoms with van der Waals surface area (Å²) in [6.07, 6.45) is 3.61. The van der Waals surface area contributed by atoms with Crippen molar-refractivity contribution < 1.29 is 9.90 Å². The third kappa shape index (κ3) is 2.55. The van der Waals surface area contributed by atoms with Crippen molar-refractivity contribution in [3.05, 3.63) is 5.82 Å². The highest BCUT2D eigenvalue weighted by Gasteiger charge is 2.28. The van der Waals surface area contributed by atoms with Crippen LogP contribution in [0.4, 0.5) is 5.95 Å². The lowest BCUT2D eigenvalue weighted by molar-refractivity contribution is 0.0562. The fourth-order valence-corrected chi connectivity index (χ4v) is 2.22. The second kappa shape index (κ2) is 5.13. The van der Waals surface area contributed by atoms with E-state index in [0.717, 1.165) is 19.3 Å². The highest BCUT2D eigenvalue weighted by molar-refractivity contribution is 5.91. The molecule has 1 aromatic heterocycles. The average molecular weight is 239 g/mol. The van der Waals surface area contributed by atoms with Crippen molar-refractivity contribution in [3.8, 4) is 0 Å². The molecular formula is C10H17N5O2. The minimum absolute atomic E-state index is 0.0732. The topological polar surface area (TPSA) is 108 Å². The Hall–Kier alpha value is -1.63. The first-order chi connectivity index (χ1) is 8.22. The number of nitrogens with one attached hydrogen (secondary N) is 1. The number of likely N-dealkylation sites (tertiary alicyclic amines) is 1. The van der Waals surface area contributed by atoms with Gasteiger partial charge in [-0.3, -0.25) is 9.89 Å². The smallest absolute Gasteiger partial charge is 0.291 e. The number of piperidine rings is 1. The molecule has 1 saturated heterocycles. The fourth-order valence-electron chi connectivity index (χ4n) is 2.22. The van der Waals surface area contributed by atoms with Crippen LogP contribution in [-0.4, -0.2) is 50.3 Å². The molecule has 0 saturated carbocycles. The number of anilines is 1. The molecule has 94 valence electrons. The van der Waals surface area contributed by atoms with E-state index < -0.39 is 0 Å². The largest absolute Gasteiger partial charge is 0.396 e. The number of hydrogen-bond donors (Lipinski definition) is 3. The Kier molecular flexibility index (Phi) is 3.58. The molecule has 2 rings (SSSR count). The van der Waals surface area contributed by atoms with E-state index in [2.05, 4.69) is 15.2 Å². The van der Waals surface area contributed by atoms with Crippen molar-refractivity contribution in [2.75, 3.05) is 18.9 Å². The maximum atomic E-state index is 12.2. The van der Waals surface area contributed by atoms with E-state index in [1.807, 2.05) is 0 Å². The van der Waals surface area contributed by atoms with Crippen molar-refractivity contribution in [1.82, 2.24) is 20.1 Å². The van der Waals surface area contributed by atoms with E-state index in [1.165, 1.54) is 0 Å². The van der Waals surface area contributed by atoms with Gasteiger partial charge in [0.1, 0.15) is 0 Å². The number of nitrogens with zero attached hydrogens (tertiary/aromatic N) is 3. The number of nitrogens with two attached hydrogens (primary N) is 1. The molecule has 7 heteroatoms. The monoisotopic (exact) mass is 239 g/mol. The van der Waals surface area contributed by atoms with Gasteiger partial charge in [0.2, 0.25) is 11.8 Å². The van der Waals surface area contributed by atoms with Gasteiger partial charge in [-0.25, -0.2) is 0 Å². The SMILES string of the molecule is Nc1n[nH]c(C(=O)N2CCCCC2CCO)n1. The number of aliphatic hydroxyl groups is 1. The number of carbonyl (C=O) groups excluding carboxylic acids is 1. The van der Waals surface area contributed by atoms with Crippen LogP contribution in [0.25, 0.3) is 0 Å². The molecule has 1 aliphatic rings. The molecule has 0 bridgehead atoms. The minimum Gasteiger partial charge on any atom is -0.396 e. The molecule has 1 atom stereocenters. The molecular weight excluding hydrogens is 222 g/mol. The summed E-state index contributed by atoms with van der Waals surface area (Å²) in [6, 6.07) is 0.0903. The third-order valence-corrected chi connectivity index (χ3v) is 3.06. The van der Waals surface area contributed by atoms with Gasteiger partial charge in [0.15, 0.2) is 0 Å². The summed E-state index contributed by atoms with van der Waals surface area (Å²) in [4.78, 5) is 17.7. The molecule has 0 aromatic carbocycles. The Balaban J connectivity index is 2.10. The highest BCUT2D eigenvalue weighted by Crippen LogP contribution is 2.20. The minimum atomic E-state index is -0.188. The molecule has 1 aromatic rings. The predicted octanol–water partition coefficient (Wildman–Crippen LogP) is -0.236. The molecule has 2 heterocycles. The van der Waals surface area contributed by atoms with Crippen LogP contribution in [-0.2, 0) is 0 Å². The maximum Gasteiger partial charge on any atom is 0.291 e. The lowest BCUT2D eigenvalue weighted by Gasteiger charge is -2.34. The first-order valence-electron chi connectivity index (χ1n) is 5.82. The first kappa shape index (κ1) is 11.8. The molecule has 7 nitrogen and oxygen atoms in total. The Morgan fingerprint density at radius 2 is 2.41 bits per heavy atom. The van der Waals surface area contributed by atoms with Gasteiger partial charge in [0, 0.05) is 19.2 Å². The van der Waals surface area contributed by atoms with Gasteiger partial charge >= 0.3 is 0 Å². The van der Waals surface area contributed by atoms with Crippen LogP contribution in [0.5, 0.6) is 0 Å². The van der Waals surface area contributed by atoms with Gasteiger partial charge in [-0.05, 0) is 25.7 Å². The average Bonchev–Trinajstić information content (AvgIpc) is 2.76. The summed E-state index contributed by atoms with van der Waals surface area (Å²) in [7, 11) is 0. The van der Waals surface area contributed by atoms with E-state index in [1.54, 1.807) is 4.90 Å². The van der Waals surface area contributed by atoms with Gasteiger partial charge in [-0.1, -0.05) is 0 Å². The van der Waals surface area contributed by atoms with Gasteiger partial charge < -0.3 is 15.7 Å². The summed E-state index contributed by atoms with van der Waals surface area (Å²) < 4.78 is 0. The summed E-state index contributed by atoms with van der Waals surface area (Å²) in [6.45, 7) is 0.789. The van der Waals surface area contributed by atoms with Crippen LogP contribution < -0.4 is 5.73 Å². The van der Waals surface area contributed by atoms with Crippen LogP contribution in [0.1, 0.15) is 36.3 Å². The third-order valence-electron chi connectivity index (χ3n) is 3.06. The van der Waals surface area contributed by atoms with Crippen molar-refractivity contribution in [2.24, 2.45) is 0 Å². The molecule has 1 aliphatic heterocycles. The van der Waals surface area contributed by atoms with Crippen LogP contribution in [0.15, 0.2) is 0 Å². The highest BCUT2D eigenvalue weighted by atomic mass is 16.3. The number of aromatic nitrogens is 3. The Bertz CT molecular complexity index is 390. The molecule has 0 radical (unpaired) electrons. The van der Waals surface area contributed by atoms with Crippen molar-refractivity contribution in [3.63, 3.8) is 0 Å². The predicted molar refractivity (Wildman–Crippen MR) is 61.2 cm³/mol. The number of rotatable bonds is 3. The number of H-pyrrole nitrogens is 1. The van der Waals surface area contributed by atoms with E-state index >= 15 is 0 Å². The van der Waals surface area contributed by atoms with Gasteiger partial charge in [0.05, 0.1) is 0 Å². The van der Waals surface area contributed by atoms with Gasteiger partial charge in [-0.2, -0.15) is 4.98 Å². The summed E-state index contributed by atoms with van der Waals surface area (Å²) in [5.41, 5.74) is 5.38. The molecule has 0 spiro atoms. The Morgan fingerprint density at radius 3 is 3.06 bits per heavy atom. The van der Waals surface area contributed by atoms with Crippen molar-refractivity contribution in [2.45, 2.75) is 31.7 Å². The Morgan fingerprint density at radius 1 is 1.59 bits per heavy atom. The molecule has 1 unspecified atom stereocenters. The molecule has 1 fully saturated rings. The lowest BCUT2D eigenvalue weighted by Crippen LogP contribution is -2.44. The number of aromatic amines is 1. The summed E-state index contributed by atoms with van der Waals surface area (Å²) in [5.74, 6) is 0.0590. The number of aliphatic hydroxyl groups excluding tert-OH is 1. The lowest BCUT2D eigenvalue weighted by atomic mass is 9.99. The molecule has 17 heavy (non-hydrogen) atoms. The van der Waals surface area contributed by atoms with Crippen LogP contribution >= 0.6 is 0 Å². The second-order valence-electron chi connectivity index (χ2n) is 4.20. The van der Waals surface area contributed by atoms with Crippen molar-refractivity contribution in [1.29, 1.82) is 0 Å². The quantitative estimate of drug-likeness (QED) is 0.675. The molecule has 4 N–H and O–H groups in total. The first-order valence-corrected chi connectivity index (χ1v) is 5.82. The number of nitrogen functional groups attached to an aromatic ring is 1. The number of hydrogen-bond acceptors (Lipinski definition) is 5. The number of carbonyl (C=O) groups is 1. The number of amides is 1. The Labute approximate surface area is 99.0 Å². The van der Waals surface area contributed by atoms with Gasteiger partial charge in [0.25, 0.3) is 5.91 Å². The standard InChI is InChI=1S/C10H17N5O2/c11-10-12-8(13-14-10)9(17)15-5-2-1-3-7(15)4-6-16/h7,16H,1-6H2,(H3,11,12,13,14). The summed E-state index contributed by atoms with van der Waals surface area (Å²) >= 11 is 0. The van der Waals surface area contributed by atoms with Crippen LogP contribution in [0, 0.1) is 0 Å². The zero-order valence-electron chi connectivity index (χ0n) is 9.59. The zero-order valence-corrected chi connectivity index (χ0v) is 9.59. The second-order valence-corrected chi connectivity index (χ2v) is 4.20. The maximum absolute atomic E-state index is 12.2. The normalized spacial score (nSPS) is 20.5. The van der Waals surface area contributed by atoms with E-state index in [9.17, 15) is 4.79 Å². The van der Waals surface area contributed by atoms with E-state index in [-0.39, 0.29) is 30.3 Å². The molecule has 1 amide bonds. The van der Waals surface area contributed by atoms with E-state index in [0.29, 0.717) is 13.0 Å². The van der Waals surface area contributed by atoms with Crippen molar-refractivity contribution >= 4 is 11.9 Å². The summed E-state index contributed by atoms with van der Waals surface area (Å²) in [5, 5.41) is 15.2. The fraction of sp³-hybridized carbons (Fsp3) is 0.700. The van der Waals surface area contributed by atoms with E-state index in [4.69, 9.17) is 10.8 Å². The zero-order chi connectivity index (χ0) is 12.3. The molecule has 0 aliphatic carbocycles. The van der Waals surface area contributed by atoms with Crippen LogP contribution in [0.2, 0.25) is 0 Å². The van der Waals surface area contributed by atoms with Gasteiger partial charge in [-0.15, -0.1) is 5.10 Å².